The van der Waals surface area contributed by atoms with Crippen molar-refractivity contribution in [2.24, 2.45) is 0 Å². The molecule has 0 saturated carbocycles. The van der Waals surface area contributed by atoms with E-state index in [1.807, 2.05) is 0 Å². The zero-order valence-electron chi connectivity index (χ0n) is 7.60. The molecule has 15 heavy (non-hydrogen) atoms. The van der Waals surface area contributed by atoms with E-state index in [0.29, 0.717) is 21.2 Å². The van der Waals surface area contributed by atoms with Crippen LogP contribution in [0, 0.1) is 11.9 Å². The Labute approximate surface area is 97.3 Å². The van der Waals surface area contributed by atoms with Crippen LogP contribution in [0.15, 0.2) is 36.4 Å². The Balaban J connectivity index is 2.69. The van der Waals surface area contributed by atoms with Gasteiger partial charge in [0.25, 0.3) is 0 Å². The van der Waals surface area contributed by atoms with Crippen LogP contribution in [0.3, 0.4) is 0 Å². The van der Waals surface area contributed by atoms with Crippen molar-refractivity contribution < 1.29 is 4.39 Å². The summed E-state index contributed by atoms with van der Waals surface area (Å²) in [5.41, 5.74) is 0.878. The number of hydrogen-bond acceptors (Lipinski definition) is 0. The molecule has 0 saturated heterocycles. The normalized spacial score (nSPS) is 10.3. The molecule has 0 nitrogen and oxygen atoms in total. The lowest BCUT2D eigenvalue weighted by atomic mass is 10.1. The van der Waals surface area contributed by atoms with Gasteiger partial charge in [-0.1, -0.05) is 47.5 Å². The average Bonchev–Trinajstić information content (AvgIpc) is 2.20. The largest absolute Gasteiger partial charge is 0.206 e. The second-order valence-electron chi connectivity index (χ2n) is 2.99. The van der Waals surface area contributed by atoms with E-state index < -0.39 is 0 Å². The van der Waals surface area contributed by atoms with Crippen LogP contribution < -0.4 is 0 Å². The lowest BCUT2D eigenvalue weighted by molar-refractivity contribution is 0.631. The summed E-state index contributed by atoms with van der Waals surface area (Å²) in [5.74, 6) is -0.346. The number of halogens is 3. The van der Waals surface area contributed by atoms with Gasteiger partial charge in [0.15, 0.2) is 0 Å². The van der Waals surface area contributed by atoms with E-state index in [4.69, 9.17) is 23.2 Å². The molecular weight excluding hydrogens is 234 g/mol. The van der Waals surface area contributed by atoms with E-state index >= 15 is 0 Å². The summed E-state index contributed by atoms with van der Waals surface area (Å²) in [6.07, 6.45) is 0. The maximum atomic E-state index is 13.5. The van der Waals surface area contributed by atoms with Gasteiger partial charge in [-0.3, -0.25) is 0 Å². The summed E-state index contributed by atoms with van der Waals surface area (Å²) >= 11 is 11.9. The van der Waals surface area contributed by atoms with Crippen molar-refractivity contribution in [3.63, 3.8) is 0 Å². The monoisotopic (exact) mass is 239 g/mol. The molecule has 0 amide bonds. The van der Waals surface area contributed by atoms with Crippen LogP contribution in [-0.4, -0.2) is 0 Å². The smallest absolute Gasteiger partial charge is 0.131 e. The van der Waals surface area contributed by atoms with Crippen molar-refractivity contribution >= 4 is 23.2 Å². The summed E-state index contributed by atoms with van der Waals surface area (Å²) in [5, 5.41) is 0.747. The minimum absolute atomic E-state index is 0.326. The Morgan fingerprint density at radius 2 is 1.80 bits per heavy atom. The van der Waals surface area contributed by atoms with Gasteiger partial charge in [0.1, 0.15) is 5.82 Å². The van der Waals surface area contributed by atoms with Crippen LogP contribution in [0.5, 0.6) is 0 Å². The van der Waals surface area contributed by atoms with Crippen molar-refractivity contribution in [1.29, 1.82) is 0 Å². The van der Waals surface area contributed by atoms with Gasteiger partial charge in [0.05, 0.1) is 10.0 Å². The highest BCUT2D eigenvalue weighted by Gasteiger charge is 2.11. The molecule has 0 aliphatic carbocycles. The van der Waals surface area contributed by atoms with Gasteiger partial charge in [-0.15, -0.1) is 0 Å². The van der Waals surface area contributed by atoms with E-state index in [1.54, 1.807) is 30.3 Å². The maximum Gasteiger partial charge on any atom is 0.131 e. The van der Waals surface area contributed by atoms with Gasteiger partial charge in [0.2, 0.25) is 0 Å². The van der Waals surface area contributed by atoms with Gasteiger partial charge in [-0.2, -0.15) is 0 Å². The molecule has 3 heteroatoms. The summed E-state index contributed by atoms with van der Waals surface area (Å²) in [7, 11) is 0. The van der Waals surface area contributed by atoms with Crippen LogP contribution in [0.2, 0.25) is 10.0 Å². The molecule has 0 aliphatic heterocycles. The molecule has 0 bridgehead atoms. The second kappa shape index (κ2) is 4.21. The third-order valence-corrected chi connectivity index (χ3v) is 2.65. The average molecular weight is 240 g/mol. The fourth-order valence-corrected chi connectivity index (χ4v) is 1.93. The number of benzene rings is 2. The van der Waals surface area contributed by atoms with Crippen molar-refractivity contribution in [1.82, 2.24) is 0 Å². The minimum Gasteiger partial charge on any atom is -0.206 e. The zero-order chi connectivity index (χ0) is 10.8. The number of hydrogen-bond donors (Lipinski definition) is 0. The van der Waals surface area contributed by atoms with E-state index in [2.05, 4.69) is 6.07 Å². The Morgan fingerprint density at radius 1 is 1.07 bits per heavy atom. The van der Waals surface area contributed by atoms with E-state index in [-0.39, 0.29) is 5.82 Å². The molecule has 0 aliphatic rings. The molecule has 0 atom stereocenters. The highest BCUT2D eigenvalue weighted by atomic mass is 35.5. The summed E-state index contributed by atoms with van der Waals surface area (Å²) in [6.45, 7) is 0. The SMILES string of the molecule is Fc1ccccc1-c1c(Cl)[c]ccc1Cl. The van der Waals surface area contributed by atoms with Gasteiger partial charge in [0, 0.05) is 17.2 Å². The Kier molecular flexibility index (Phi) is 2.94. The van der Waals surface area contributed by atoms with Gasteiger partial charge in [-0.05, 0) is 12.1 Å². The summed E-state index contributed by atoms with van der Waals surface area (Å²) < 4.78 is 13.5. The molecule has 2 aromatic carbocycles. The van der Waals surface area contributed by atoms with E-state index in [0.717, 1.165) is 0 Å². The van der Waals surface area contributed by atoms with Crippen LogP contribution in [0.4, 0.5) is 4.39 Å². The summed E-state index contributed by atoms with van der Waals surface area (Å²) in [4.78, 5) is 0. The molecule has 2 aromatic rings. The van der Waals surface area contributed by atoms with E-state index in [9.17, 15) is 4.39 Å². The van der Waals surface area contributed by atoms with Crippen molar-refractivity contribution in [3.8, 4) is 11.1 Å². The molecule has 0 spiro atoms. The maximum absolute atomic E-state index is 13.5. The second-order valence-corrected chi connectivity index (χ2v) is 3.78. The predicted octanol–water partition coefficient (Wildman–Crippen LogP) is 4.60. The molecule has 0 unspecified atom stereocenters. The minimum atomic E-state index is -0.346. The van der Waals surface area contributed by atoms with Gasteiger partial charge < -0.3 is 0 Å². The Hall–Kier alpha value is -1.05. The molecule has 0 aromatic heterocycles. The first-order chi connectivity index (χ1) is 7.20. The first kappa shape index (κ1) is 10.5. The van der Waals surface area contributed by atoms with Gasteiger partial charge >= 0.3 is 0 Å². The summed E-state index contributed by atoms with van der Waals surface area (Å²) in [6, 6.07) is 12.4. The van der Waals surface area contributed by atoms with Crippen LogP contribution >= 0.6 is 23.2 Å². The van der Waals surface area contributed by atoms with Crippen molar-refractivity contribution in [2.75, 3.05) is 0 Å². The molecule has 2 rings (SSSR count). The topological polar surface area (TPSA) is 0 Å². The van der Waals surface area contributed by atoms with Gasteiger partial charge in [-0.25, -0.2) is 4.39 Å². The molecule has 0 fully saturated rings. The zero-order valence-corrected chi connectivity index (χ0v) is 9.11. The molecule has 0 N–H and O–H groups in total. The standard InChI is InChI=1S/C12H6Cl2F/c13-9-5-3-6-10(14)12(9)8-4-1-2-7-11(8)15/h1-5,7H. The first-order valence-electron chi connectivity index (χ1n) is 4.30. The molecule has 0 heterocycles. The highest BCUT2D eigenvalue weighted by molar-refractivity contribution is 6.39. The fraction of sp³-hybridized carbons (Fsp3) is 0. The molecule has 75 valence electrons. The third-order valence-electron chi connectivity index (χ3n) is 2.04. The molecular formula is C12H6Cl2F. The predicted molar refractivity (Wildman–Crippen MR) is 60.7 cm³/mol. The highest BCUT2D eigenvalue weighted by Crippen LogP contribution is 2.35. The quantitative estimate of drug-likeness (QED) is 0.683. The fourth-order valence-electron chi connectivity index (χ4n) is 1.36. The Morgan fingerprint density at radius 3 is 2.47 bits per heavy atom. The lowest BCUT2D eigenvalue weighted by Gasteiger charge is -2.07. The first-order valence-corrected chi connectivity index (χ1v) is 5.06. The lowest BCUT2D eigenvalue weighted by Crippen LogP contribution is -1.86. The van der Waals surface area contributed by atoms with Crippen LogP contribution in [0.25, 0.3) is 11.1 Å². The van der Waals surface area contributed by atoms with Crippen molar-refractivity contribution in [2.45, 2.75) is 0 Å². The Bertz CT molecular complexity index is 474. The van der Waals surface area contributed by atoms with Crippen molar-refractivity contribution in [3.05, 3.63) is 58.3 Å². The van der Waals surface area contributed by atoms with Crippen LogP contribution in [0.1, 0.15) is 0 Å². The van der Waals surface area contributed by atoms with E-state index in [1.165, 1.54) is 6.07 Å². The molecule has 1 radical (unpaired) electrons. The third kappa shape index (κ3) is 1.99. The number of rotatable bonds is 1. The van der Waals surface area contributed by atoms with Crippen LogP contribution in [-0.2, 0) is 0 Å².